The number of benzene rings is 2. The molecule has 5 heteroatoms. The molecule has 24 heavy (non-hydrogen) atoms. The van der Waals surface area contributed by atoms with E-state index < -0.39 is 11.6 Å². The van der Waals surface area contributed by atoms with E-state index in [4.69, 9.17) is 21.1 Å². The quantitative estimate of drug-likeness (QED) is 0.533. The molecule has 0 N–H and O–H groups in total. The van der Waals surface area contributed by atoms with Crippen LogP contribution in [0.15, 0.2) is 42.5 Å². The summed E-state index contributed by atoms with van der Waals surface area (Å²) in [5.41, 5.74) is 0.671. The SMILES string of the molecule is COc1cc(/C=C/C(=O)c2ccccc2F)cc(Cl)c1OC(C)C. The van der Waals surface area contributed by atoms with Crippen molar-refractivity contribution in [3.8, 4) is 11.5 Å². The zero-order valence-corrected chi connectivity index (χ0v) is 14.4. The van der Waals surface area contributed by atoms with E-state index in [1.54, 1.807) is 24.3 Å². The molecule has 126 valence electrons. The van der Waals surface area contributed by atoms with Crippen molar-refractivity contribution >= 4 is 23.5 Å². The molecule has 0 amide bonds. The number of carbonyl (C=O) groups excluding carboxylic acids is 1. The molecule has 0 aliphatic carbocycles. The van der Waals surface area contributed by atoms with E-state index in [0.29, 0.717) is 22.1 Å². The molecule has 0 saturated heterocycles. The van der Waals surface area contributed by atoms with Gasteiger partial charge in [0.25, 0.3) is 0 Å². The third-order valence-electron chi connectivity index (χ3n) is 3.17. The van der Waals surface area contributed by atoms with Gasteiger partial charge < -0.3 is 9.47 Å². The number of rotatable bonds is 6. The van der Waals surface area contributed by atoms with Crippen molar-refractivity contribution in [1.82, 2.24) is 0 Å². The van der Waals surface area contributed by atoms with Crippen molar-refractivity contribution in [3.63, 3.8) is 0 Å². The Labute approximate surface area is 145 Å². The summed E-state index contributed by atoms with van der Waals surface area (Å²) in [6.07, 6.45) is 2.80. The minimum absolute atomic E-state index is 0.0200. The van der Waals surface area contributed by atoms with Crippen LogP contribution in [0.2, 0.25) is 5.02 Å². The zero-order valence-electron chi connectivity index (χ0n) is 13.7. The van der Waals surface area contributed by atoms with E-state index in [1.807, 2.05) is 13.8 Å². The van der Waals surface area contributed by atoms with Crippen molar-refractivity contribution in [1.29, 1.82) is 0 Å². The summed E-state index contributed by atoms with van der Waals surface area (Å²) >= 11 is 6.23. The van der Waals surface area contributed by atoms with E-state index in [2.05, 4.69) is 0 Å². The van der Waals surface area contributed by atoms with Crippen LogP contribution in [0.3, 0.4) is 0 Å². The zero-order chi connectivity index (χ0) is 17.7. The van der Waals surface area contributed by atoms with E-state index in [0.717, 1.165) is 0 Å². The number of hydrogen-bond donors (Lipinski definition) is 0. The fourth-order valence-electron chi connectivity index (χ4n) is 2.11. The highest BCUT2D eigenvalue weighted by atomic mass is 35.5. The highest BCUT2D eigenvalue weighted by molar-refractivity contribution is 6.32. The third kappa shape index (κ3) is 4.36. The summed E-state index contributed by atoms with van der Waals surface area (Å²) in [4.78, 5) is 12.1. The maximum Gasteiger partial charge on any atom is 0.188 e. The largest absolute Gasteiger partial charge is 0.493 e. The van der Waals surface area contributed by atoms with E-state index in [1.165, 1.54) is 31.4 Å². The first-order valence-electron chi connectivity index (χ1n) is 7.43. The Morgan fingerprint density at radius 2 is 1.96 bits per heavy atom. The summed E-state index contributed by atoms with van der Waals surface area (Å²) in [6, 6.07) is 9.20. The molecule has 0 bridgehead atoms. The molecule has 0 aliphatic rings. The van der Waals surface area contributed by atoms with Gasteiger partial charge in [-0.15, -0.1) is 0 Å². The van der Waals surface area contributed by atoms with Gasteiger partial charge in [0.1, 0.15) is 5.82 Å². The minimum atomic E-state index is -0.552. The van der Waals surface area contributed by atoms with E-state index in [-0.39, 0.29) is 11.7 Å². The van der Waals surface area contributed by atoms with E-state index >= 15 is 0 Å². The molecule has 3 nitrogen and oxygen atoms in total. The second-order valence-electron chi connectivity index (χ2n) is 5.38. The summed E-state index contributed by atoms with van der Waals surface area (Å²) in [5.74, 6) is -0.0601. The Bertz CT molecular complexity index is 769. The number of ether oxygens (including phenoxy) is 2. The highest BCUT2D eigenvalue weighted by Gasteiger charge is 2.13. The van der Waals surface area contributed by atoms with Crippen LogP contribution in [0.1, 0.15) is 29.8 Å². The molecule has 2 rings (SSSR count). The summed E-state index contributed by atoms with van der Waals surface area (Å²) in [5, 5.41) is 0.376. The lowest BCUT2D eigenvalue weighted by Gasteiger charge is -2.15. The van der Waals surface area contributed by atoms with Gasteiger partial charge in [-0.1, -0.05) is 29.8 Å². The predicted molar refractivity (Wildman–Crippen MR) is 93.5 cm³/mol. The molecule has 0 saturated carbocycles. The Hall–Kier alpha value is -2.33. The Morgan fingerprint density at radius 1 is 1.25 bits per heavy atom. The van der Waals surface area contributed by atoms with Crippen LogP contribution in [-0.4, -0.2) is 19.0 Å². The van der Waals surface area contributed by atoms with Crippen LogP contribution in [-0.2, 0) is 0 Å². The fourth-order valence-corrected chi connectivity index (χ4v) is 2.37. The van der Waals surface area contributed by atoms with Crippen LogP contribution in [0.4, 0.5) is 4.39 Å². The van der Waals surface area contributed by atoms with Gasteiger partial charge in [-0.3, -0.25) is 4.79 Å². The lowest BCUT2D eigenvalue weighted by atomic mass is 10.1. The fraction of sp³-hybridized carbons (Fsp3) is 0.211. The number of carbonyl (C=O) groups is 1. The molecular weight excluding hydrogens is 331 g/mol. The van der Waals surface area contributed by atoms with Crippen molar-refractivity contribution in [3.05, 3.63) is 64.4 Å². The average molecular weight is 349 g/mol. The molecule has 0 unspecified atom stereocenters. The van der Waals surface area contributed by atoms with Crippen LogP contribution < -0.4 is 9.47 Å². The van der Waals surface area contributed by atoms with Crippen molar-refractivity contribution in [2.24, 2.45) is 0 Å². The van der Waals surface area contributed by atoms with Gasteiger partial charge in [0.2, 0.25) is 0 Å². The smallest absolute Gasteiger partial charge is 0.188 e. The van der Waals surface area contributed by atoms with Gasteiger partial charge in [-0.05, 0) is 49.8 Å². The number of allylic oxidation sites excluding steroid dienone is 1. The average Bonchev–Trinajstić information content (AvgIpc) is 2.54. The first-order valence-corrected chi connectivity index (χ1v) is 7.81. The first kappa shape index (κ1) is 18.0. The molecule has 0 radical (unpaired) electrons. The summed E-state index contributed by atoms with van der Waals surface area (Å²) in [7, 11) is 1.51. The molecule has 2 aromatic rings. The topological polar surface area (TPSA) is 35.5 Å². The lowest BCUT2D eigenvalue weighted by molar-refractivity contribution is 0.104. The van der Waals surface area contributed by atoms with Gasteiger partial charge in [0.05, 0.1) is 23.8 Å². The number of hydrogen-bond acceptors (Lipinski definition) is 3. The molecule has 0 aromatic heterocycles. The number of methoxy groups -OCH3 is 1. The Kier molecular flexibility index (Phi) is 5.99. The molecule has 0 spiro atoms. The van der Waals surface area contributed by atoms with Gasteiger partial charge in [-0.2, -0.15) is 0 Å². The Morgan fingerprint density at radius 3 is 2.58 bits per heavy atom. The Balaban J connectivity index is 2.28. The summed E-state index contributed by atoms with van der Waals surface area (Å²) < 4.78 is 24.5. The van der Waals surface area contributed by atoms with Crippen molar-refractivity contribution < 1.29 is 18.7 Å². The molecule has 0 heterocycles. The number of halogens is 2. The monoisotopic (exact) mass is 348 g/mol. The van der Waals surface area contributed by atoms with Gasteiger partial charge >= 0.3 is 0 Å². The van der Waals surface area contributed by atoms with Crippen LogP contribution >= 0.6 is 11.6 Å². The maximum absolute atomic E-state index is 13.6. The summed E-state index contributed by atoms with van der Waals surface area (Å²) in [6.45, 7) is 3.77. The number of ketones is 1. The predicted octanol–water partition coefficient (Wildman–Crippen LogP) is 5.17. The van der Waals surface area contributed by atoms with Crippen LogP contribution in [0, 0.1) is 5.82 Å². The van der Waals surface area contributed by atoms with E-state index in [9.17, 15) is 9.18 Å². The van der Waals surface area contributed by atoms with Gasteiger partial charge in [-0.25, -0.2) is 4.39 Å². The van der Waals surface area contributed by atoms with Gasteiger partial charge in [0.15, 0.2) is 17.3 Å². The van der Waals surface area contributed by atoms with Crippen molar-refractivity contribution in [2.75, 3.05) is 7.11 Å². The lowest BCUT2D eigenvalue weighted by Crippen LogP contribution is -2.07. The molecule has 0 aliphatic heterocycles. The minimum Gasteiger partial charge on any atom is -0.493 e. The molecule has 0 fully saturated rings. The standard InChI is InChI=1S/C19H18ClFO3/c1-12(2)24-19-15(20)10-13(11-18(19)23-3)8-9-17(22)14-6-4-5-7-16(14)21/h4-12H,1-3H3/b9-8+. The third-order valence-corrected chi connectivity index (χ3v) is 3.45. The van der Waals surface area contributed by atoms with Crippen LogP contribution in [0.25, 0.3) is 6.08 Å². The molecular formula is C19H18ClFO3. The van der Waals surface area contributed by atoms with Crippen LogP contribution in [0.5, 0.6) is 11.5 Å². The van der Waals surface area contributed by atoms with Gasteiger partial charge in [0, 0.05) is 0 Å². The molecule has 0 atom stereocenters. The van der Waals surface area contributed by atoms with Crippen molar-refractivity contribution in [2.45, 2.75) is 20.0 Å². The molecule has 2 aromatic carbocycles. The second-order valence-corrected chi connectivity index (χ2v) is 5.79. The maximum atomic E-state index is 13.6. The highest BCUT2D eigenvalue weighted by Crippen LogP contribution is 2.37. The first-order chi connectivity index (χ1) is 11.4. The second kappa shape index (κ2) is 7.97. The normalized spacial score (nSPS) is 11.1.